The van der Waals surface area contributed by atoms with Gasteiger partial charge in [0.15, 0.2) is 0 Å². The quantitative estimate of drug-likeness (QED) is 0.748. The maximum Gasteiger partial charge on any atom is 0.250 e. The minimum Gasteiger partial charge on any atom is -0.271 e. The molecule has 0 fully saturated rings. The average molecular weight is 334 g/mol. The van der Waals surface area contributed by atoms with Gasteiger partial charge in [0, 0.05) is 30.7 Å². The van der Waals surface area contributed by atoms with E-state index < -0.39 is 10.0 Å². The highest BCUT2D eigenvalue weighted by Crippen LogP contribution is 2.16. The summed E-state index contributed by atoms with van der Waals surface area (Å²) >= 11 is 1.20. The van der Waals surface area contributed by atoms with Gasteiger partial charge in [0.05, 0.1) is 12.2 Å². The van der Waals surface area contributed by atoms with Gasteiger partial charge in [0.2, 0.25) is 10.0 Å². The van der Waals surface area contributed by atoms with E-state index in [0.29, 0.717) is 10.8 Å². The van der Waals surface area contributed by atoms with E-state index in [0.717, 1.165) is 11.3 Å². The van der Waals surface area contributed by atoms with E-state index in [2.05, 4.69) is 14.8 Å². The second-order valence-corrected chi connectivity index (χ2v) is 7.47. The topological polar surface area (TPSA) is 76.9 Å². The molecule has 0 radical (unpaired) electrons. The number of nitrogens with one attached hydrogen (secondary N) is 1. The van der Waals surface area contributed by atoms with Crippen molar-refractivity contribution in [3.8, 4) is 11.3 Å². The number of hydrogen-bond acceptors (Lipinski definition) is 5. The highest BCUT2D eigenvalue weighted by Gasteiger charge is 2.14. The van der Waals surface area contributed by atoms with Crippen LogP contribution >= 0.6 is 11.3 Å². The van der Waals surface area contributed by atoms with Gasteiger partial charge < -0.3 is 0 Å². The van der Waals surface area contributed by atoms with Gasteiger partial charge >= 0.3 is 0 Å². The summed E-state index contributed by atoms with van der Waals surface area (Å²) in [6, 6.07) is 8.96. The minimum absolute atomic E-state index is 0.289. The largest absolute Gasteiger partial charge is 0.271 e. The van der Waals surface area contributed by atoms with Crippen molar-refractivity contribution in [2.45, 2.75) is 10.8 Å². The van der Waals surface area contributed by atoms with Gasteiger partial charge in [-0.1, -0.05) is 6.07 Å². The van der Waals surface area contributed by atoms with Crippen molar-refractivity contribution < 1.29 is 8.42 Å². The van der Waals surface area contributed by atoms with Gasteiger partial charge in [0.1, 0.15) is 4.21 Å². The lowest BCUT2D eigenvalue weighted by Gasteiger charge is -2.05. The molecule has 0 bridgehead atoms. The Labute approximate surface area is 132 Å². The summed E-state index contributed by atoms with van der Waals surface area (Å²) in [7, 11) is -3.41. The molecule has 0 atom stereocenters. The third kappa shape index (κ3) is 3.41. The first-order valence-electron chi connectivity index (χ1n) is 6.62. The molecule has 1 N–H and O–H groups in total. The molecular weight excluding hydrogens is 320 g/mol. The maximum atomic E-state index is 12.0. The monoisotopic (exact) mass is 334 g/mol. The van der Waals surface area contributed by atoms with Gasteiger partial charge in [-0.15, -0.1) is 11.3 Å². The van der Waals surface area contributed by atoms with Crippen LogP contribution in [0, 0.1) is 0 Å². The summed E-state index contributed by atoms with van der Waals surface area (Å²) in [6.07, 6.45) is 5.25. The molecule has 0 aliphatic rings. The van der Waals surface area contributed by atoms with Crippen molar-refractivity contribution >= 4 is 21.4 Å². The van der Waals surface area contributed by atoms with Gasteiger partial charge in [-0.3, -0.25) is 9.67 Å². The van der Waals surface area contributed by atoms with E-state index in [9.17, 15) is 8.42 Å². The fourth-order valence-electron chi connectivity index (χ4n) is 1.94. The molecule has 0 saturated carbocycles. The second kappa shape index (κ2) is 6.39. The fourth-order valence-corrected chi connectivity index (χ4v) is 4.00. The summed E-state index contributed by atoms with van der Waals surface area (Å²) in [6.45, 7) is 0.757. The molecule has 0 aromatic carbocycles. The smallest absolute Gasteiger partial charge is 0.250 e. The molecule has 0 spiro atoms. The van der Waals surface area contributed by atoms with Crippen molar-refractivity contribution in [2.75, 3.05) is 6.54 Å². The molecule has 3 heterocycles. The highest BCUT2D eigenvalue weighted by atomic mass is 32.2. The van der Waals surface area contributed by atoms with Crippen molar-refractivity contribution in [3.63, 3.8) is 0 Å². The SMILES string of the molecule is O=S(=O)(NCCn1ccc(-c2ccncc2)n1)c1cccs1. The molecule has 6 nitrogen and oxygen atoms in total. The Hall–Kier alpha value is -2.03. The standard InChI is InChI=1S/C14H14N4O2S2/c19-22(20,14-2-1-11-21-14)16-8-10-18-9-5-13(17-18)12-3-6-15-7-4-12/h1-7,9,11,16H,8,10H2. The third-order valence-electron chi connectivity index (χ3n) is 3.01. The summed E-state index contributed by atoms with van der Waals surface area (Å²) < 4.78 is 28.6. The Morgan fingerprint density at radius 2 is 2.00 bits per heavy atom. The van der Waals surface area contributed by atoms with Gasteiger partial charge in [-0.25, -0.2) is 13.1 Å². The zero-order valence-corrected chi connectivity index (χ0v) is 13.2. The lowest BCUT2D eigenvalue weighted by molar-refractivity contribution is 0.563. The maximum absolute atomic E-state index is 12.0. The summed E-state index contributed by atoms with van der Waals surface area (Å²) in [4.78, 5) is 3.97. The Morgan fingerprint density at radius 1 is 1.18 bits per heavy atom. The molecule has 3 aromatic heterocycles. The first-order valence-corrected chi connectivity index (χ1v) is 8.98. The molecule has 0 aliphatic carbocycles. The molecule has 8 heteroatoms. The molecule has 0 aliphatic heterocycles. The summed E-state index contributed by atoms with van der Waals surface area (Å²) in [5.41, 5.74) is 1.82. The van der Waals surface area contributed by atoms with Crippen LogP contribution in [0.4, 0.5) is 0 Å². The fraction of sp³-hybridized carbons (Fsp3) is 0.143. The predicted octanol–water partition coefficient (Wildman–Crippen LogP) is 1.99. The van der Waals surface area contributed by atoms with E-state index >= 15 is 0 Å². The van der Waals surface area contributed by atoms with Crippen LogP contribution in [-0.2, 0) is 16.6 Å². The predicted molar refractivity (Wildman–Crippen MR) is 85.0 cm³/mol. The lowest BCUT2D eigenvalue weighted by Crippen LogP contribution is -2.27. The first kappa shape index (κ1) is 14.9. The highest BCUT2D eigenvalue weighted by molar-refractivity contribution is 7.91. The van der Waals surface area contributed by atoms with Gasteiger partial charge in [0.25, 0.3) is 0 Å². The molecule has 114 valence electrons. The Morgan fingerprint density at radius 3 is 2.73 bits per heavy atom. The summed E-state index contributed by atoms with van der Waals surface area (Å²) in [5, 5.41) is 6.16. The van der Waals surface area contributed by atoms with Crippen LogP contribution in [0.25, 0.3) is 11.3 Å². The van der Waals surface area contributed by atoms with E-state index in [1.165, 1.54) is 11.3 Å². The first-order chi connectivity index (χ1) is 10.6. The molecule has 3 rings (SSSR count). The number of sulfonamides is 1. The molecule has 0 amide bonds. The second-order valence-electron chi connectivity index (χ2n) is 4.53. The van der Waals surface area contributed by atoms with E-state index in [1.54, 1.807) is 34.6 Å². The lowest BCUT2D eigenvalue weighted by atomic mass is 10.2. The molecule has 3 aromatic rings. The van der Waals surface area contributed by atoms with Crippen LogP contribution in [0.2, 0.25) is 0 Å². The van der Waals surface area contributed by atoms with Crippen molar-refractivity contribution in [1.82, 2.24) is 19.5 Å². The summed E-state index contributed by atoms with van der Waals surface area (Å²) in [5.74, 6) is 0. The van der Waals surface area contributed by atoms with Gasteiger partial charge in [-0.2, -0.15) is 5.10 Å². The van der Waals surface area contributed by atoms with Crippen LogP contribution in [-0.4, -0.2) is 29.7 Å². The minimum atomic E-state index is -3.41. The number of pyridine rings is 1. The number of nitrogens with zero attached hydrogens (tertiary/aromatic N) is 3. The van der Waals surface area contributed by atoms with Crippen molar-refractivity contribution in [2.24, 2.45) is 0 Å². The van der Waals surface area contributed by atoms with Gasteiger partial charge in [-0.05, 0) is 29.6 Å². The van der Waals surface area contributed by atoms with Crippen LogP contribution in [0.15, 0.2) is 58.5 Å². The molecular formula is C14H14N4O2S2. The molecule has 0 unspecified atom stereocenters. The normalized spacial score (nSPS) is 11.6. The Bertz CT molecular complexity index is 827. The van der Waals surface area contributed by atoms with Crippen LogP contribution < -0.4 is 4.72 Å². The molecule has 0 saturated heterocycles. The number of thiophene rings is 1. The van der Waals surface area contributed by atoms with Crippen LogP contribution in [0.1, 0.15) is 0 Å². The Balaban J connectivity index is 1.60. The van der Waals surface area contributed by atoms with Crippen molar-refractivity contribution in [1.29, 1.82) is 0 Å². The number of aromatic nitrogens is 3. The third-order valence-corrected chi connectivity index (χ3v) is 5.87. The van der Waals surface area contributed by atoms with Crippen LogP contribution in [0.5, 0.6) is 0 Å². The Kier molecular flexibility index (Phi) is 4.32. The number of rotatable bonds is 6. The van der Waals surface area contributed by atoms with E-state index in [-0.39, 0.29) is 6.54 Å². The van der Waals surface area contributed by atoms with Crippen LogP contribution in [0.3, 0.4) is 0 Å². The zero-order valence-electron chi connectivity index (χ0n) is 11.6. The van der Waals surface area contributed by atoms with E-state index in [4.69, 9.17) is 0 Å². The average Bonchev–Trinajstić information content (AvgIpc) is 3.20. The van der Waals surface area contributed by atoms with E-state index in [1.807, 2.05) is 24.4 Å². The zero-order chi connectivity index (χ0) is 15.4. The van der Waals surface area contributed by atoms with Crippen molar-refractivity contribution in [3.05, 3.63) is 54.3 Å². The number of hydrogen-bond donors (Lipinski definition) is 1. The molecule has 22 heavy (non-hydrogen) atoms.